The molecule has 2 aromatic rings. The Hall–Kier alpha value is -2.45. The van der Waals surface area contributed by atoms with Gasteiger partial charge in [0.2, 0.25) is 0 Å². The number of benzene rings is 1. The van der Waals surface area contributed by atoms with Gasteiger partial charge in [-0.25, -0.2) is 4.98 Å². The van der Waals surface area contributed by atoms with Gasteiger partial charge in [0.15, 0.2) is 0 Å². The average molecular weight is 373 g/mol. The maximum Gasteiger partial charge on any atom is 0.305 e. The van der Waals surface area contributed by atoms with Gasteiger partial charge in [-0.3, -0.25) is 14.5 Å². The number of rotatable bonds is 7. The van der Waals surface area contributed by atoms with Crippen LogP contribution in [0.25, 0.3) is 11.0 Å². The summed E-state index contributed by atoms with van der Waals surface area (Å²) in [6, 6.07) is 5.96. The van der Waals surface area contributed by atoms with Crippen molar-refractivity contribution in [2.75, 3.05) is 26.7 Å². The lowest BCUT2D eigenvalue weighted by molar-refractivity contribution is -0.136. The number of carbonyl (C=O) groups is 2. The number of aromatic nitrogens is 2. The SMILES string of the molecule is CN(Cc1nc2cc(C(=O)NCCC(=O)O)ccc2n1C)C1CCNCC1. The van der Waals surface area contributed by atoms with Crippen molar-refractivity contribution in [2.24, 2.45) is 7.05 Å². The molecule has 3 rings (SSSR count). The number of carbonyl (C=O) groups excluding carboxylic acids is 1. The third-order valence-electron chi connectivity index (χ3n) is 5.18. The quantitative estimate of drug-likeness (QED) is 0.669. The first-order chi connectivity index (χ1) is 13.0. The van der Waals surface area contributed by atoms with Crippen molar-refractivity contribution in [1.82, 2.24) is 25.1 Å². The molecule has 2 heterocycles. The summed E-state index contributed by atoms with van der Waals surface area (Å²) in [4.78, 5) is 29.8. The molecule has 146 valence electrons. The molecule has 1 fully saturated rings. The Labute approximate surface area is 158 Å². The molecule has 8 heteroatoms. The molecule has 0 unspecified atom stereocenters. The number of nitrogens with zero attached hydrogens (tertiary/aromatic N) is 3. The maximum atomic E-state index is 12.2. The molecule has 1 saturated heterocycles. The number of hydrogen-bond acceptors (Lipinski definition) is 5. The van der Waals surface area contributed by atoms with Crippen molar-refractivity contribution in [3.05, 3.63) is 29.6 Å². The lowest BCUT2D eigenvalue weighted by Gasteiger charge is -2.31. The topological polar surface area (TPSA) is 99.5 Å². The Morgan fingerprint density at radius 1 is 1.37 bits per heavy atom. The number of carboxylic acids is 1. The minimum Gasteiger partial charge on any atom is -0.481 e. The Morgan fingerprint density at radius 3 is 2.81 bits per heavy atom. The van der Waals surface area contributed by atoms with Crippen molar-refractivity contribution in [3.8, 4) is 0 Å². The molecule has 1 aliphatic heterocycles. The number of nitrogens with one attached hydrogen (secondary N) is 2. The zero-order valence-electron chi connectivity index (χ0n) is 15.9. The van der Waals surface area contributed by atoms with Crippen LogP contribution in [0, 0.1) is 0 Å². The number of carboxylic acid groups (broad SMARTS) is 1. The molecular weight excluding hydrogens is 346 g/mol. The lowest BCUT2D eigenvalue weighted by atomic mass is 10.1. The smallest absolute Gasteiger partial charge is 0.305 e. The van der Waals surface area contributed by atoms with E-state index in [1.807, 2.05) is 13.1 Å². The standard InChI is InChI=1S/C19H27N5O3/c1-23(14-5-8-20-9-6-14)12-17-22-15-11-13(3-4-16(15)24(17)2)19(27)21-10-7-18(25)26/h3-4,11,14,20H,5-10,12H2,1-2H3,(H,21,27)(H,25,26). The van der Waals surface area contributed by atoms with Crippen LogP contribution in [-0.4, -0.2) is 64.2 Å². The fraction of sp³-hybridized carbons (Fsp3) is 0.526. The van der Waals surface area contributed by atoms with E-state index in [-0.39, 0.29) is 18.9 Å². The summed E-state index contributed by atoms with van der Waals surface area (Å²) in [6.45, 7) is 2.98. The Balaban J connectivity index is 1.71. The van der Waals surface area contributed by atoms with Crippen LogP contribution in [0.2, 0.25) is 0 Å². The Kier molecular flexibility index (Phi) is 6.08. The monoisotopic (exact) mass is 373 g/mol. The van der Waals surface area contributed by atoms with Gasteiger partial charge in [-0.15, -0.1) is 0 Å². The lowest BCUT2D eigenvalue weighted by Crippen LogP contribution is -2.41. The van der Waals surface area contributed by atoms with E-state index in [2.05, 4.69) is 27.1 Å². The number of fused-ring (bicyclic) bond motifs is 1. The van der Waals surface area contributed by atoms with Crippen LogP contribution in [0.4, 0.5) is 0 Å². The van der Waals surface area contributed by atoms with E-state index >= 15 is 0 Å². The average Bonchev–Trinajstić information content (AvgIpc) is 2.97. The zero-order valence-corrected chi connectivity index (χ0v) is 15.9. The summed E-state index contributed by atoms with van der Waals surface area (Å²) in [6.07, 6.45) is 2.19. The van der Waals surface area contributed by atoms with Crippen LogP contribution in [-0.2, 0) is 18.4 Å². The minimum absolute atomic E-state index is 0.0925. The molecule has 1 aromatic carbocycles. The number of hydrogen-bond donors (Lipinski definition) is 3. The molecule has 1 aliphatic rings. The molecule has 0 spiro atoms. The molecule has 0 bridgehead atoms. The first-order valence-corrected chi connectivity index (χ1v) is 9.32. The molecule has 1 aromatic heterocycles. The predicted molar refractivity (Wildman–Crippen MR) is 103 cm³/mol. The van der Waals surface area contributed by atoms with E-state index in [0.717, 1.165) is 49.3 Å². The third-order valence-corrected chi connectivity index (χ3v) is 5.18. The van der Waals surface area contributed by atoms with Crippen LogP contribution in [0.5, 0.6) is 0 Å². The van der Waals surface area contributed by atoms with E-state index in [0.29, 0.717) is 11.6 Å². The van der Waals surface area contributed by atoms with E-state index in [1.165, 1.54) is 0 Å². The number of imidazole rings is 1. The van der Waals surface area contributed by atoms with Crippen molar-refractivity contribution < 1.29 is 14.7 Å². The number of amides is 1. The third kappa shape index (κ3) is 4.64. The van der Waals surface area contributed by atoms with Crippen molar-refractivity contribution in [3.63, 3.8) is 0 Å². The molecule has 0 radical (unpaired) electrons. The van der Waals surface area contributed by atoms with E-state index in [4.69, 9.17) is 10.1 Å². The van der Waals surface area contributed by atoms with Crippen LogP contribution in [0.3, 0.4) is 0 Å². The highest BCUT2D eigenvalue weighted by molar-refractivity contribution is 5.97. The first kappa shape index (κ1) is 19.3. The summed E-state index contributed by atoms with van der Waals surface area (Å²) in [5.74, 6) is -0.246. The van der Waals surface area contributed by atoms with Gasteiger partial charge in [-0.05, 0) is 51.2 Å². The second-order valence-electron chi connectivity index (χ2n) is 7.09. The van der Waals surface area contributed by atoms with Crippen LogP contribution in [0.1, 0.15) is 35.4 Å². The van der Waals surface area contributed by atoms with Gasteiger partial charge in [0.25, 0.3) is 5.91 Å². The predicted octanol–water partition coefficient (Wildman–Crippen LogP) is 0.962. The Morgan fingerprint density at radius 2 is 2.11 bits per heavy atom. The first-order valence-electron chi connectivity index (χ1n) is 9.32. The van der Waals surface area contributed by atoms with Gasteiger partial charge in [0, 0.05) is 25.2 Å². The number of piperidine rings is 1. The fourth-order valence-electron chi connectivity index (χ4n) is 3.52. The van der Waals surface area contributed by atoms with Gasteiger partial charge < -0.3 is 20.3 Å². The summed E-state index contributed by atoms with van der Waals surface area (Å²) in [5.41, 5.74) is 2.24. The Bertz CT molecular complexity index is 826. The fourth-order valence-corrected chi connectivity index (χ4v) is 3.52. The van der Waals surface area contributed by atoms with Gasteiger partial charge in [-0.1, -0.05) is 0 Å². The normalized spacial score (nSPS) is 15.4. The highest BCUT2D eigenvalue weighted by atomic mass is 16.4. The summed E-state index contributed by atoms with van der Waals surface area (Å²) in [7, 11) is 4.13. The van der Waals surface area contributed by atoms with Crippen molar-refractivity contribution in [1.29, 1.82) is 0 Å². The van der Waals surface area contributed by atoms with E-state index in [1.54, 1.807) is 12.1 Å². The van der Waals surface area contributed by atoms with Crippen LogP contribution < -0.4 is 10.6 Å². The highest BCUT2D eigenvalue weighted by Gasteiger charge is 2.20. The molecule has 0 saturated carbocycles. The molecule has 3 N–H and O–H groups in total. The number of aryl methyl sites for hydroxylation is 1. The van der Waals surface area contributed by atoms with E-state index in [9.17, 15) is 9.59 Å². The van der Waals surface area contributed by atoms with Gasteiger partial charge in [0.05, 0.1) is 24.0 Å². The summed E-state index contributed by atoms with van der Waals surface area (Å²) < 4.78 is 2.07. The van der Waals surface area contributed by atoms with Crippen LogP contribution in [0.15, 0.2) is 18.2 Å². The van der Waals surface area contributed by atoms with Crippen molar-refractivity contribution in [2.45, 2.75) is 31.8 Å². The molecule has 0 atom stereocenters. The molecule has 1 amide bonds. The number of aliphatic carboxylic acids is 1. The largest absolute Gasteiger partial charge is 0.481 e. The van der Waals surface area contributed by atoms with Crippen LogP contribution >= 0.6 is 0 Å². The van der Waals surface area contributed by atoms with Gasteiger partial charge in [0.1, 0.15) is 5.82 Å². The molecule has 8 nitrogen and oxygen atoms in total. The van der Waals surface area contributed by atoms with Crippen molar-refractivity contribution >= 4 is 22.9 Å². The van der Waals surface area contributed by atoms with Gasteiger partial charge >= 0.3 is 5.97 Å². The van der Waals surface area contributed by atoms with Gasteiger partial charge in [-0.2, -0.15) is 0 Å². The summed E-state index contributed by atoms with van der Waals surface area (Å²) >= 11 is 0. The minimum atomic E-state index is -0.932. The summed E-state index contributed by atoms with van der Waals surface area (Å²) in [5, 5.41) is 14.7. The zero-order chi connectivity index (χ0) is 19.4. The second kappa shape index (κ2) is 8.49. The van der Waals surface area contributed by atoms with E-state index < -0.39 is 5.97 Å². The molecular formula is C19H27N5O3. The highest BCUT2D eigenvalue weighted by Crippen LogP contribution is 2.19. The molecule has 0 aliphatic carbocycles. The second-order valence-corrected chi connectivity index (χ2v) is 7.09. The maximum absolute atomic E-state index is 12.2. The molecule has 27 heavy (non-hydrogen) atoms.